The van der Waals surface area contributed by atoms with Gasteiger partial charge in [-0.15, -0.1) is 0 Å². The Bertz CT molecular complexity index is 609. The molecule has 1 N–H and O–H groups in total. The van der Waals surface area contributed by atoms with Gasteiger partial charge in [0.25, 0.3) is 0 Å². The van der Waals surface area contributed by atoms with Gasteiger partial charge in [0.05, 0.1) is 18.7 Å². The van der Waals surface area contributed by atoms with Crippen molar-refractivity contribution in [3.05, 3.63) is 18.0 Å². The molecule has 0 radical (unpaired) electrons. The molecule has 0 spiro atoms. The SMILES string of the molecule is CCCC(C(=O)OCC)c1nc2nc(OCC)ccc2[nH]1. The summed E-state index contributed by atoms with van der Waals surface area (Å²) in [5.74, 6) is 0.515. The van der Waals surface area contributed by atoms with Gasteiger partial charge in [0.2, 0.25) is 5.88 Å². The maximum Gasteiger partial charge on any atom is 0.316 e. The summed E-state index contributed by atoms with van der Waals surface area (Å²) in [4.78, 5) is 24.0. The summed E-state index contributed by atoms with van der Waals surface area (Å²) in [5.41, 5.74) is 1.35. The van der Waals surface area contributed by atoms with Gasteiger partial charge in [-0.05, 0) is 26.3 Å². The molecule has 0 saturated carbocycles. The molecule has 0 aliphatic rings. The van der Waals surface area contributed by atoms with Crippen LogP contribution < -0.4 is 4.74 Å². The average Bonchev–Trinajstić information content (AvgIpc) is 2.88. The van der Waals surface area contributed by atoms with Crippen LogP contribution >= 0.6 is 0 Å². The Labute approximate surface area is 123 Å². The van der Waals surface area contributed by atoms with Crippen molar-refractivity contribution in [2.75, 3.05) is 13.2 Å². The Balaban J connectivity index is 2.32. The quantitative estimate of drug-likeness (QED) is 0.794. The molecule has 6 heteroatoms. The Morgan fingerprint density at radius 2 is 2.05 bits per heavy atom. The molecule has 2 heterocycles. The Morgan fingerprint density at radius 1 is 1.24 bits per heavy atom. The van der Waals surface area contributed by atoms with Crippen LogP contribution in [-0.2, 0) is 9.53 Å². The van der Waals surface area contributed by atoms with Crippen molar-refractivity contribution in [1.29, 1.82) is 0 Å². The summed E-state index contributed by atoms with van der Waals surface area (Å²) >= 11 is 0. The topological polar surface area (TPSA) is 77.1 Å². The molecule has 0 bridgehead atoms. The summed E-state index contributed by atoms with van der Waals surface area (Å²) in [6.07, 6.45) is 1.56. The van der Waals surface area contributed by atoms with E-state index in [-0.39, 0.29) is 11.9 Å². The molecule has 2 aromatic heterocycles. The minimum atomic E-state index is -0.375. The van der Waals surface area contributed by atoms with E-state index >= 15 is 0 Å². The molecule has 0 amide bonds. The molecule has 1 unspecified atom stereocenters. The van der Waals surface area contributed by atoms with E-state index < -0.39 is 0 Å². The smallest absolute Gasteiger partial charge is 0.316 e. The number of imidazole rings is 1. The first-order chi connectivity index (χ1) is 10.2. The minimum absolute atomic E-state index is 0.247. The second-order valence-electron chi connectivity index (χ2n) is 4.67. The highest BCUT2D eigenvalue weighted by Crippen LogP contribution is 2.23. The number of nitrogens with zero attached hydrogens (tertiary/aromatic N) is 2. The molecule has 1 atom stereocenters. The Morgan fingerprint density at radius 3 is 2.71 bits per heavy atom. The fraction of sp³-hybridized carbons (Fsp3) is 0.533. The maximum atomic E-state index is 12.1. The Kier molecular flexibility index (Phi) is 5.14. The number of ether oxygens (including phenoxy) is 2. The first kappa shape index (κ1) is 15.3. The summed E-state index contributed by atoms with van der Waals surface area (Å²) in [6, 6.07) is 3.64. The molecule has 0 fully saturated rings. The number of aromatic amines is 1. The van der Waals surface area contributed by atoms with E-state index in [1.54, 1.807) is 13.0 Å². The van der Waals surface area contributed by atoms with Gasteiger partial charge >= 0.3 is 5.97 Å². The fourth-order valence-electron chi connectivity index (χ4n) is 2.18. The second-order valence-corrected chi connectivity index (χ2v) is 4.67. The predicted octanol–water partition coefficient (Wildman–Crippen LogP) is 2.80. The largest absolute Gasteiger partial charge is 0.478 e. The lowest BCUT2D eigenvalue weighted by Crippen LogP contribution is -2.17. The highest BCUT2D eigenvalue weighted by atomic mass is 16.5. The van der Waals surface area contributed by atoms with Crippen LogP contribution in [0.1, 0.15) is 45.4 Å². The van der Waals surface area contributed by atoms with Crippen molar-refractivity contribution < 1.29 is 14.3 Å². The van der Waals surface area contributed by atoms with Gasteiger partial charge in [-0.25, -0.2) is 4.98 Å². The van der Waals surface area contributed by atoms with Gasteiger partial charge in [0.1, 0.15) is 11.7 Å². The number of esters is 1. The van der Waals surface area contributed by atoms with Crippen molar-refractivity contribution in [2.24, 2.45) is 0 Å². The lowest BCUT2D eigenvalue weighted by atomic mass is 10.0. The monoisotopic (exact) mass is 291 g/mol. The summed E-state index contributed by atoms with van der Waals surface area (Å²) in [5, 5.41) is 0. The van der Waals surface area contributed by atoms with Crippen LogP contribution in [0.15, 0.2) is 12.1 Å². The van der Waals surface area contributed by atoms with Crippen LogP contribution in [0.4, 0.5) is 0 Å². The third kappa shape index (κ3) is 3.51. The van der Waals surface area contributed by atoms with E-state index in [0.717, 1.165) is 11.9 Å². The number of nitrogens with one attached hydrogen (secondary N) is 1. The first-order valence-electron chi connectivity index (χ1n) is 7.35. The van der Waals surface area contributed by atoms with Gasteiger partial charge in [-0.3, -0.25) is 4.79 Å². The second kappa shape index (κ2) is 7.06. The first-order valence-corrected chi connectivity index (χ1v) is 7.35. The van der Waals surface area contributed by atoms with Crippen LogP contribution in [0, 0.1) is 0 Å². The zero-order chi connectivity index (χ0) is 15.2. The molecule has 0 aromatic carbocycles. The number of hydrogen-bond donors (Lipinski definition) is 1. The molecule has 0 saturated heterocycles. The highest BCUT2D eigenvalue weighted by molar-refractivity contribution is 5.79. The zero-order valence-corrected chi connectivity index (χ0v) is 12.7. The molecule has 2 aromatic rings. The Hall–Kier alpha value is -2.11. The lowest BCUT2D eigenvalue weighted by molar-refractivity contribution is -0.145. The molecule has 21 heavy (non-hydrogen) atoms. The van der Waals surface area contributed by atoms with Crippen molar-refractivity contribution in [2.45, 2.75) is 39.5 Å². The van der Waals surface area contributed by atoms with Crippen molar-refractivity contribution >= 4 is 17.1 Å². The highest BCUT2D eigenvalue weighted by Gasteiger charge is 2.24. The van der Waals surface area contributed by atoms with E-state index in [2.05, 4.69) is 15.0 Å². The van der Waals surface area contributed by atoms with E-state index in [4.69, 9.17) is 9.47 Å². The van der Waals surface area contributed by atoms with Crippen LogP contribution in [-0.4, -0.2) is 34.1 Å². The fourth-order valence-corrected chi connectivity index (χ4v) is 2.18. The number of H-pyrrole nitrogens is 1. The molecular formula is C15H21N3O3. The van der Waals surface area contributed by atoms with E-state index in [1.807, 2.05) is 19.9 Å². The standard InChI is InChI=1S/C15H21N3O3/c1-4-7-10(15(19)21-6-3)13-16-11-8-9-12(20-5-2)17-14(11)18-13/h8-10H,4-7H2,1-3H3,(H,16,17,18). The van der Waals surface area contributed by atoms with Gasteiger partial charge in [-0.2, -0.15) is 4.98 Å². The number of fused-ring (bicyclic) bond motifs is 1. The van der Waals surface area contributed by atoms with E-state index in [1.165, 1.54) is 0 Å². The van der Waals surface area contributed by atoms with Crippen LogP contribution in [0.25, 0.3) is 11.2 Å². The van der Waals surface area contributed by atoms with Gasteiger partial charge in [0.15, 0.2) is 5.65 Å². The summed E-state index contributed by atoms with van der Waals surface area (Å²) < 4.78 is 10.5. The molecule has 0 aliphatic carbocycles. The number of hydrogen-bond acceptors (Lipinski definition) is 5. The van der Waals surface area contributed by atoms with Gasteiger partial charge < -0.3 is 14.5 Å². The van der Waals surface area contributed by atoms with E-state index in [0.29, 0.717) is 37.0 Å². The minimum Gasteiger partial charge on any atom is -0.478 e. The van der Waals surface area contributed by atoms with Gasteiger partial charge in [-0.1, -0.05) is 13.3 Å². The third-order valence-corrected chi connectivity index (χ3v) is 3.11. The number of rotatable bonds is 7. The average molecular weight is 291 g/mol. The molecular weight excluding hydrogens is 270 g/mol. The molecule has 2 rings (SSSR count). The van der Waals surface area contributed by atoms with Crippen LogP contribution in [0.3, 0.4) is 0 Å². The van der Waals surface area contributed by atoms with Crippen LogP contribution in [0.5, 0.6) is 5.88 Å². The van der Waals surface area contributed by atoms with Crippen molar-refractivity contribution in [3.8, 4) is 5.88 Å². The zero-order valence-electron chi connectivity index (χ0n) is 12.7. The lowest BCUT2D eigenvalue weighted by Gasteiger charge is -2.11. The molecule has 6 nitrogen and oxygen atoms in total. The number of pyridine rings is 1. The molecule has 0 aliphatic heterocycles. The number of carbonyl (C=O) groups excluding carboxylic acids is 1. The summed E-state index contributed by atoms with van der Waals surface area (Å²) in [7, 11) is 0. The van der Waals surface area contributed by atoms with Crippen molar-refractivity contribution in [1.82, 2.24) is 15.0 Å². The normalized spacial score (nSPS) is 12.3. The third-order valence-electron chi connectivity index (χ3n) is 3.11. The van der Waals surface area contributed by atoms with Gasteiger partial charge in [0, 0.05) is 6.07 Å². The predicted molar refractivity (Wildman–Crippen MR) is 79.3 cm³/mol. The number of carbonyl (C=O) groups is 1. The van der Waals surface area contributed by atoms with E-state index in [9.17, 15) is 4.79 Å². The number of aromatic nitrogens is 3. The van der Waals surface area contributed by atoms with Crippen LogP contribution in [0.2, 0.25) is 0 Å². The van der Waals surface area contributed by atoms with Crippen molar-refractivity contribution in [3.63, 3.8) is 0 Å². The summed E-state index contributed by atoms with van der Waals surface area (Å²) in [6.45, 7) is 6.65. The molecule has 114 valence electrons. The maximum absolute atomic E-state index is 12.1.